The predicted molar refractivity (Wildman–Crippen MR) is 96.2 cm³/mol. The minimum atomic E-state index is -0.322. The van der Waals surface area contributed by atoms with Gasteiger partial charge in [-0.3, -0.25) is 9.59 Å². The molecule has 4 nitrogen and oxygen atoms in total. The molecule has 4 heteroatoms. The van der Waals surface area contributed by atoms with Crippen LogP contribution in [-0.2, 0) is 9.59 Å². The molecule has 0 bridgehead atoms. The molecule has 24 heavy (non-hydrogen) atoms. The van der Waals surface area contributed by atoms with Crippen LogP contribution < -0.4 is 10.2 Å². The largest absolute Gasteiger partial charge is 0.326 e. The van der Waals surface area contributed by atoms with Gasteiger partial charge in [0.05, 0.1) is 5.92 Å². The van der Waals surface area contributed by atoms with E-state index in [0.29, 0.717) is 6.54 Å². The van der Waals surface area contributed by atoms with Gasteiger partial charge in [-0.2, -0.15) is 0 Å². The van der Waals surface area contributed by atoms with Crippen LogP contribution in [0.4, 0.5) is 11.4 Å². The maximum atomic E-state index is 12.6. The molecule has 0 aromatic heterocycles. The summed E-state index contributed by atoms with van der Waals surface area (Å²) in [5.41, 5.74) is 4.96. The first-order valence-corrected chi connectivity index (χ1v) is 8.20. The Morgan fingerprint density at radius 3 is 2.50 bits per heavy atom. The molecule has 1 N–H and O–H groups in total. The number of carbonyl (C=O) groups excluding carboxylic acids is 2. The van der Waals surface area contributed by atoms with E-state index in [1.165, 1.54) is 0 Å². The van der Waals surface area contributed by atoms with Crippen LogP contribution in [0.3, 0.4) is 0 Å². The van der Waals surface area contributed by atoms with Crippen molar-refractivity contribution in [2.75, 3.05) is 16.8 Å². The lowest BCUT2D eigenvalue weighted by Gasteiger charge is -2.20. The van der Waals surface area contributed by atoms with Crippen LogP contribution in [0.25, 0.3) is 0 Å². The number of aryl methyl sites for hydroxylation is 2. The molecule has 1 saturated heterocycles. The smallest absolute Gasteiger partial charge is 0.229 e. The topological polar surface area (TPSA) is 49.4 Å². The van der Waals surface area contributed by atoms with Crippen LogP contribution in [0, 0.1) is 26.7 Å². The van der Waals surface area contributed by atoms with Gasteiger partial charge in [0.2, 0.25) is 11.8 Å². The lowest BCUT2D eigenvalue weighted by atomic mass is 10.1. The van der Waals surface area contributed by atoms with Crippen molar-refractivity contribution in [2.45, 2.75) is 27.2 Å². The molecule has 1 heterocycles. The highest BCUT2D eigenvalue weighted by atomic mass is 16.2. The highest BCUT2D eigenvalue weighted by Crippen LogP contribution is 2.30. The predicted octanol–water partition coefficient (Wildman–Crippen LogP) is 3.60. The first-order chi connectivity index (χ1) is 11.5. The molecule has 0 radical (unpaired) electrons. The Hall–Kier alpha value is -2.62. The van der Waals surface area contributed by atoms with Crippen LogP contribution in [0.15, 0.2) is 42.5 Å². The number of hydrogen-bond donors (Lipinski definition) is 1. The summed E-state index contributed by atoms with van der Waals surface area (Å²) in [6, 6.07) is 13.6. The molecule has 0 unspecified atom stereocenters. The van der Waals surface area contributed by atoms with Gasteiger partial charge in [-0.05, 0) is 49.6 Å². The van der Waals surface area contributed by atoms with Crippen molar-refractivity contribution in [1.29, 1.82) is 0 Å². The van der Waals surface area contributed by atoms with Gasteiger partial charge in [-0.1, -0.05) is 30.3 Å². The summed E-state index contributed by atoms with van der Waals surface area (Å²) in [6.07, 6.45) is 0.255. The fourth-order valence-electron chi connectivity index (χ4n) is 3.09. The van der Waals surface area contributed by atoms with Crippen molar-refractivity contribution in [1.82, 2.24) is 0 Å². The summed E-state index contributed by atoms with van der Waals surface area (Å²) in [6.45, 7) is 6.43. The second kappa shape index (κ2) is 6.48. The summed E-state index contributed by atoms with van der Waals surface area (Å²) >= 11 is 0. The summed E-state index contributed by atoms with van der Waals surface area (Å²) in [7, 11) is 0. The fourth-order valence-corrected chi connectivity index (χ4v) is 3.09. The number of rotatable bonds is 3. The maximum Gasteiger partial charge on any atom is 0.229 e. The Bertz CT molecular complexity index is 798. The molecule has 1 aliphatic heterocycles. The van der Waals surface area contributed by atoms with Gasteiger partial charge in [0.15, 0.2) is 0 Å². The number of benzene rings is 2. The normalized spacial score (nSPS) is 17.2. The fraction of sp³-hybridized carbons (Fsp3) is 0.300. The zero-order valence-corrected chi connectivity index (χ0v) is 14.3. The van der Waals surface area contributed by atoms with Crippen molar-refractivity contribution in [3.05, 3.63) is 59.2 Å². The minimum absolute atomic E-state index is 0.00799. The third-order valence-electron chi connectivity index (χ3n) is 4.77. The summed E-state index contributed by atoms with van der Waals surface area (Å²) < 4.78 is 0. The molecule has 2 aromatic rings. The first kappa shape index (κ1) is 16.2. The van der Waals surface area contributed by atoms with Crippen LogP contribution in [0.2, 0.25) is 0 Å². The molecule has 1 aliphatic rings. The van der Waals surface area contributed by atoms with E-state index in [1.54, 1.807) is 4.90 Å². The van der Waals surface area contributed by atoms with Crippen LogP contribution in [0.1, 0.15) is 23.1 Å². The van der Waals surface area contributed by atoms with E-state index in [-0.39, 0.29) is 24.2 Å². The first-order valence-electron chi connectivity index (χ1n) is 8.20. The lowest BCUT2D eigenvalue weighted by molar-refractivity contribution is -0.122. The second-order valence-corrected chi connectivity index (χ2v) is 6.43. The molecule has 0 aliphatic carbocycles. The van der Waals surface area contributed by atoms with E-state index in [0.717, 1.165) is 28.1 Å². The number of hydrogen-bond acceptors (Lipinski definition) is 2. The highest BCUT2D eigenvalue weighted by molar-refractivity contribution is 6.04. The molecular formula is C20H22N2O2. The van der Waals surface area contributed by atoms with Gasteiger partial charge in [0, 0.05) is 24.3 Å². The monoisotopic (exact) mass is 322 g/mol. The third kappa shape index (κ3) is 3.04. The Labute approximate surface area is 142 Å². The van der Waals surface area contributed by atoms with E-state index in [4.69, 9.17) is 0 Å². The molecule has 3 rings (SSSR count). The lowest BCUT2D eigenvalue weighted by Crippen LogP contribution is -2.28. The molecule has 2 aromatic carbocycles. The highest BCUT2D eigenvalue weighted by Gasteiger charge is 2.35. The Balaban J connectivity index is 1.76. The molecule has 1 fully saturated rings. The van der Waals surface area contributed by atoms with Crippen LogP contribution in [0.5, 0.6) is 0 Å². The van der Waals surface area contributed by atoms with E-state index in [9.17, 15) is 9.59 Å². The van der Waals surface area contributed by atoms with Gasteiger partial charge in [0.1, 0.15) is 0 Å². The molecule has 0 saturated carbocycles. The van der Waals surface area contributed by atoms with Crippen molar-refractivity contribution >= 4 is 23.2 Å². The molecule has 2 amide bonds. The number of amides is 2. The molecule has 1 atom stereocenters. The van der Waals surface area contributed by atoms with Gasteiger partial charge >= 0.3 is 0 Å². The molecule has 0 spiro atoms. The Morgan fingerprint density at radius 1 is 1.04 bits per heavy atom. The van der Waals surface area contributed by atoms with Crippen molar-refractivity contribution in [2.24, 2.45) is 5.92 Å². The average molecular weight is 322 g/mol. The standard InChI is InChI=1S/C20H22N2O2/c1-13-8-6-10-18(15(13)3)22-12-16(11-19(22)23)20(24)21-17-9-5-4-7-14(17)2/h4-10,16H,11-12H2,1-3H3,(H,21,24)/t16-/m1/s1. The summed E-state index contributed by atoms with van der Waals surface area (Å²) in [5.74, 6) is -0.406. The zero-order chi connectivity index (χ0) is 17.3. The van der Waals surface area contributed by atoms with Gasteiger partial charge in [0.25, 0.3) is 0 Å². The third-order valence-corrected chi connectivity index (χ3v) is 4.77. The number of para-hydroxylation sites is 1. The quantitative estimate of drug-likeness (QED) is 0.938. The number of nitrogens with one attached hydrogen (secondary N) is 1. The summed E-state index contributed by atoms with van der Waals surface area (Å²) in [4.78, 5) is 26.7. The zero-order valence-electron chi connectivity index (χ0n) is 14.3. The van der Waals surface area contributed by atoms with E-state index < -0.39 is 0 Å². The SMILES string of the molecule is Cc1ccccc1NC(=O)[C@@H]1CC(=O)N(c2cccc(C)c2C)C1. The van der Waals surface area contributed by atoms with Gasteiger partial charge in [-0.15, -0.1) is 0 Å². The number of nitrogens with zero attached hydrogens (tertiary/aromatic N) is 1. The number of anilines is 2. The van der Waals surface area contributed by atoms with E-state index in [2.05, 4.69) is 5.32 Å². The van der Waals surface area contributed by atoms with Gasteiger partial charge in [-0.25, -0.2) is 0 Å². The molecule has 124 valence electrons. The van der Waals surface area contributed by atoms with E-state index >= 15 is 0 Å². The Morgan fingerprint density at radius 2 is 1.75 bits per heavy atom. The van der Waals surface area contributed by atoms with E-state index in [1.807, 2.05) is 63.2 Å². The van der Waals surface area contributed by atoms with Crippen LogP contribution in [-0.4, -0.2) is 18.4 Å². The summed E-state index contributed by atoms with van der Waals surface area (Å²) in [5, 5.41) is 2.95. The number of carbonyl (C=O) groups is 2. The Kier molecular flexibility index (Phi) is 4.38. The van der Waals surface area contributed by atoms with Crippen molar-refractivity contribution in [3.8, 4) is 0 Å². The molecular weight excluding hydrogens is 300 g/mol. The van der Waals surface area contributed by atoms with Gasteiger partial charge < -0.3 is 10.2 Å². The maximum absolute atomic E-state index is 12.6. The van der Waals surface area contributed by atoms with Crippen molar-refractivity contribution in [3.63, 3.8) is 0 Å². The van der Waals surface area contributed by atoms with Crippen LogP contribution >= 0.6 is 0 Å². The minimum Gasteiger partial charge on any atom is -0.326 e. The van der Waals surface area contributed by atoms with Crippen molar-refractivity contribution < 1.29 is 9.59 Å². The second-order valence-electron chi connectivity index (χ2n) is 6.43. The average Bonchev–Trinajstić information content (AvgIpc) is 2.94.